The van der Waals surface area contributed by atoms with Crippen LogP contribution in [-0.2, 0) is 6.54 Å². The van der Waals surface area contributed by atoms with E-state index in [-0.39, 0.29) is 0 Å². The molecule has 6 nitrogen and oxygen atoms in total. The summed E-state index contributed by atoms with van der Waals surface area (Å²) in [6.07, 6.45) is 3.11. The van der Waals surface area contributed by atoms with Crippen LogP contribution in [0.4, 0.5) is 23.0 Å². The molecule has 0 bridgehead atoms. The Balaban J connectivity index is 1.77. The Bertz CT molecular complexity index is 799. The van der Waals surface area contributed by atoms with E-state index in [0.717, 1.165) is 11.4 Å². The van der Waals surface area contributed by atoms with E-state index in [4.69, 9.17) is 10.2 Å². The van der Waals surface area contributed by atoms with Gasteiger partial charge in [0.2, 0.25) is 0 Å². The number of furan rings is 1. The third-order valence-corrected chi connectivity index (χ3v) is 3.66. The van der Waals surface area contributed by atoms with Gasteiger partial charge in [0, 0.05) is 5.69 Å². The third-order valence-electron chi connectivity index (χ3n) is 3.66. The molecule has 0 aliphatic heterocycles. The minimum Gasteiger partial charge on any atom is -0.467 e. The first-order chi connectivity index (χ1) is 11.1. The molecule has 2 heterocycles. The van der Waals surface area contributed by atoms with E-state index in [1.807, 2.05) is 18.2 Å². The van der Waals surface area contributed by atoms with Crippen molar-refractivity contribution in [2.75, 3.05) is 16.4 Å². The van der Waals surface area contributed by atoms with Crippen molar-refractivity contribution in [1.29, 1.82) is 0 Å². The predicted octanol–water partition coefficient (Wildman–Crippen LogP) is 3.62. The summed E-state index contributed by atoms with van der Waals surface area (Å²) in [4.78, 5) is 8.40. The van der Waals surface area contributed by atoms with Crippen molar-refractivity contribution in [3.05, 3.63) is 59.8 Å². The molecule has 0 unspecified atom stereocenters. The van der Waals surface area contributed by atoms with Gasteiger partial charge in [-0.1, -0.05) is 6.07 Å². The van der Waals surface area contributed by atoms with Crippen LogP contribution in [0.5, 0.6) is 0 Å². The number of hydrogen-bond donors (Lipinski definition) is 3. The van der Waals surface area contributed by atoms with Crippen molar-refractivity contribution in [2.24, 2.45) is 0 Å². The number of benzene rings is 1. The quantitative estimate of drug-likeness (QED) is 0.667. The topological polar surface area (TPSA) is 89.0 Å². The molecule has 23 heavy (non-hydrogen) atoms. The number of aromatic nitrogens is 2. The summed E-state index contributed by atoms with van der Waals surface area (Å²) in [5.74, 6) is 1.96. The molecular weight excluding hydrogens is 290 g/mol. The molecule has 118 valence electrons. The van der Waals surface area contributed by atoms with Gasteiger partial charge in [0.25, 0.3) is 0 Å². The SMILES string of the molecule is Cc1ccc(Nc2ncnc(NCc3ccco3)c2N)cc1C. The van der Waals surface area contributed by atoms with E-state index < -0.39 is 0 Å². The van der Waals surface area contributed by atoms with E-state index in [9.17, 15) is 0 Å². The molecule has 0 fully saturated rings. The maximum atomic E-state index is 6.16. The zero-order valence-electron chi connectivity index (χ0n) is 13.1. The molecule has 0 radical (unpaired) electrons. The van der Waals surface area contributed by atoms with Crippen LogP contribution in [0.25, 0.3) is 0 Å². The van der Waals surface area contributed by atoms with Crippen LogP contribution in [-0.4, -0.2) is 9.97 Å². The molecule has 3 aromatic rings. The van der Waals surface area contributed by atoms with Gasteiger partial charge in [0.05, 0.1) is 12.8 Å². The molecule has 3 rings (SSSR count). The summed E-state index contributed by atoms with van der Waals surface area (Å²) < 4.78 is 5.28. The van der Waals surface area contributed by atoms with Gasteiger partial charge in [-0.25, -0.2) is 9.97 Å². The largest absolute Gasteiger partial charge is 0.467 e. The Morgan fingerprint density at radius 2 is 1.91 bits per heavy atom. The fourth-order valence-corrected chi connectivity index (χ4v) is 2.18. The summed E-state index contributed by atoms with van der Waals surface area (Å²) in [6.45, 7) is 4.66. The second-order valence-electron chi connectivity index (χ2n) is 5.34. The van der Waals surface area contributed by atoms with Gasteiger partial charge < -0.3 is 20.8 Å². The van der Waals surface area contributed by atoms with Gasteiger partial charge in [-0.3, -0.25) is 0 Å². The predicted molar refractivity (Wildman–Crippen MR) is 91.7 cm³/mol. The molecule has 0 aliphatic rings. The normalized spacial score (nSPS) is 10.5. The highest BCUT2D eigenvalue weighted by Crippen LogP contribution is 2.26. The Morgan fingerprint density at radius 3 is 2.65 bits per heavy atom. The van der Waals surface area contributed by atoms with Crippen LogP contribution >= 0.6 is 0 Å². The Morgan fingerprint density at radius 1 is 1.09 bits per heavy atom. The highest BCUT2D eigenvalue weighted by molar-refractivity contribution is 5.77. The van der Waals surface area contributed by atoms with Gasteiger partial charge in [-0.2, -0.15) is 0 Å². The van der Waals surface area contributed by atoms with Crippen LogP contribution in [0.2, 0.25) is 0 Å². The molecule has 0 saturated heterocycles. The highest BCUT2D eigenvalue weighted by atomic mass is 16.3. The number of rotatable bonds is 5. The van der Waals surface area contributed by atoms with Crippen molar-refractivity contribution in [3.8, 4) is 0 Å². The average Bonchev–Trinajstić information content (AvgIpc) is 3.05. The van der Waals surface area contributed by atoms with E-state index >= 15 is 0 Å². The minimum absolute atomic E-state index is 0.470. The summed E-state index contributed by atoms with van der Waals surface area (Å²) >= 11 is 0. The number of anilines is 4. The van der Waals surface area contributed by atoms with Crippen LogP contribution in [0.1, 0.15) is 16.9 Å². The van der Waals surface area contributed by atoms with Crippen molar-refractivity contribution in [2.45, 2.75) is 20.4 Å². The number of nitrogen functional groups attached to an aromatic ring is 1. The third kappa shape index (κ3) is 3.42. The molecule has 0 atom stereocenters. The fourth-order valence-electron chi connectivity index (χ4n) is 2.18. The molecule has 0 spiro atoms. The lowest BCUT2D eigenvalue weighted by molar-refractivity contribution is 0.518. The average molecular weight is 309 g/mol. The second kappa shape index (κ2) is 6.39. The molecule has 6 heteroatoms. The zero-order chi connectivity index (χ0) is 16.2. The van der Waals surface area contributed by atoms with Crippen LogP contribution in [0.15, 0.2) is 47.3 Å². The summed E-state index contributed by atoms with van der Waals surface area (Å²) in [7, 11) is 0. The van der Waals surface area contributed by atoms with Gasteiger partial charge in [-0.15, -0.1) is 0 Å². The molecule has 1 aromatic carbocycles. The maximum Gasteiger partial charge on any atom is 0.159 e. The molecule has 4 N–H and O–H groups in total. The number of nitrogens with two attached hydrogens (primary N) is 1. The van der Waals surface area contributed by atoms with Gasteiger partial charge >= 0.3 is 0 Å². The smallest absolute Gasteiger partial charge is 0.159 e. The molecule has 0 amide bonds. The van der Waals surface area contributed by atoms with Crippen molar-refractivity contribution < 1.29 is 4.42 Å². The lowest BCUT2D eigenvalue weighted by Crippen LogP contribution is -2.07. The van der Waals surface area contributed by atoms with E-state index in [0.29, 0.717) is 23.9 Å². The monoisotopic (exact) mass is 309 g/mol. The first-order valence-corrected chi connectivity index (χ1v) is 7.34. The van der Waals surface area contributed by atoms with Gasteiger partial charge in [0.1, 0.15) is 17.8 Å². The molecule has 0 saturated carbocycles. The minimum atomic E-state index is 0.470. The zero-order valence-corrected chi connectivity index (χ0v) is 13.1. The van der Waals surface area contributed by atoms with Crippen LogP contribution in [0.3, 0.4) is 0 Å². The summed E-state index contributed by atoms with van der Waals surface area (Å²) in [5.41, 5.74) is 10.0. The Labute approximate surface area is 134 Å². The molecule has 2 aromatic heterocycles. The fraction of sp³-hybridized carbons (Fsp3) is 0.176. The number of hydrogen-bond acceptors (Lipinski definition) is 6. The molecular formula is C17H19N5O. The lowest BCUT2D eigenvalue weighted by atomic mass is 10.1. The van der Waals surface area contributed by atoms with Crippen LogP contribution in [0, 0.1) is 13.8 Å². The van der Waals surface area contributed by atoms with Crippen LogP contribution < -0.4 is 16.4 Å². The number of nitrogens with one attached hydrogen (secondary N) is 2. The van der Waals surface area contributed by atoms with Crippen molar-refractivity contribution in [3.63, 3.8) is 0 Å². The van der Waals surface area contributed by atoms with Gasteiger partial charge in [0.15, 0.2) is 11.6 Å². The first-order valence-electron chi connectivity index (χ1n) is 7.34. The van der Waals surface area contributed by atoms with E-state index in [1.54, 1.807) is 6.26 Å². The van der Waals surface area contributed by atoms with Gasteiger partial charge in [-0.05, 0) is 49.2 Å². The maximum absolute atomic E-state index is 6.16. The number of aryl methyl sites for hydroxylation is 2. The lowest BCUT2D eigenvalue weighted by Gasteiger charge is -2.13. The number of nitrogens with zero attached hydrogens (tertiary/aromatic N) is 2. The standard InChI is InChI=1S/C17H19N5O/c1-11-5-6-13(8-12(11)2)22-17-15(18)16(20-10-21-17)19-9-14-4-3-7-23-14/h3-8,10H,9,18H2,1-2H3,(H2,19,20,21,22). The highest BCUT2D eigenvalue weighted by Gasteiger charge is 2.09. The summed E-state index contributed by atoms with van der Waals surface area (Å²) in [5, 5.41) is 6.39. The Hall–Kier alpha value is -3.02. The first kappa shape index (κ1) is 14.9. The van der Waals surface area contributed by atoms with Crippen molar-refractivity contribution in [1.82, 2.24) is 9.97 Å². The van der Waals surface area contributed by atoms with Crippen molar-refractivity contribution >= 4 is 23.0 Å². The summed E-state index contributed by atoms with van der Waals surface area (Å²) in [6, 6.07) is 9.85. The Kier molecular flexibility index (Phi) is 4.14. The van der Waals surface area contributed by atoms with E-state index in [2.05, 4.69) is 46.6 Å². The second-order valence-corrected chi connectivity index (χ2v) is 5.34. The van der Waals surface area contributed by atoms with E-state index in [1.165, 1.54) is 17.5 Å². The molecule has 0 aliphatic carbocycles.